The largest absolute Gasteiger partial charge is 0.490 e. The van der Waals surface area contributed by atoms with Crippen LogP contribution in [-0.4, -0.2) is 85.6 Å². The first-order valence-electron chi connectivity index (χ1n) is 9.16. The summed E-state index contributed by atoms with van der Waals surface area (Å²) in [6.07, 6.45) is 3.39. The van der Waals surface area contributed by atoms with Crippen molar-refractivity contribution in [2.45, 2.75) is 19.4 Å². The third kappa shape index (κ3) is 7.99. The number of β-amino-alcohol motifs (C(OH)–C–C–N with tert-alkyl or cyclic N) is 1. The van der Waals surface area contributed by atoms with Gasteiger partial charge in [-0.15, -0.1) is 0 Å². The summed E-state index contributed by atoms with van der Waals surface area (Å²) in [4.78, 5) is 10.7. The Morgan fingerprint density at radius 2 is 2.23 bits per heavy atom. The number of hydrogen-bond donors (Lipinski definition) is 3. The number of ether oxygens (including phenoxy) is 2. The number of aliphatic imine (C=N–C) groups is 1. The zero-order valence-corrected chi connectivity index (χ0v) is 15.8. The number of aromatic nitrogens is 1. The molecule has 0 aliphatic carbocycles. The molecule has 1 fully saturated rings. The lowest BCUT2D eigenvalue weighted by atomic mass is 10.1. The molecule has 0 radical (unpaired) electrons. The fourth-order valence-corrected chi connectivity index (χ4v) is 2.65. The number of hydrogen-bond acceptors (Lipinski definition) is 6. The Balaban J connectivity index is 1.75. The maximum absolute atomic E-state index is 10.6. The minimum Gasteiger partial charge on any atom is -0.490 e. The maximum Gasteiger partial charge on any atom is 0.191 e. The molecule has 0 spiro atoms. The fourth-order valence-electron chi connectivity index (χ4n) is 2.65. The van der Waals surface area contributed by atoms with E-state index in [1.165, 1.54) is 0 Å². The smallest absolute Gasteiger partial charge is 0.191 e. The van der Waals surface area contributed by atoms with Gasteiger partial charge in [0.05, 0.1) is 38.1 Å². The number of nitrogens with one attached hydrogen (secondary N) is 2. The molecule has 1 aliphatic heterocycles. The quantitative estimate of drug-likeness (QED) is 0.325. The highest BCUT2D eigenvalue weighted by Crippen LogP contribution is 2.09. The molecule has 3 N–H and O–H groups in total. The average Bonchev–Trinajstić information content (AvgIpc) is 2.64. The summed E-state index contributed by atoms with van der Waals surface area (Å²) < 4.78 is 10.9. The summed E-state index contributed by atoms with van der Waals surface area (Å²) in [5.74, 6) is 1.41. The van der Waals surface area contributed by atoms with Crippen LogP contribution in [-0.2, 0) is 4.74 Å². The van der Waals surface area contributed by atoms with Crippen molar-refractivity contribution in [3.63, 3.8) is 0 Å². The van der Waals surface area contributed by atoms with Gasteiger partial charge in [-0.2, -0.15) is 0 Å². The van der Waals surface area contributed by atoms with E-state index in [9.17, 15) is 5.11 Å². The first-order valence-corrected chi connectivity index (χ1v) is 9.16. The lowest BCUT2D eigenvalue weighted by Gasteiger charge is -2.33. The lowest BCUT2D eigenvalue weighted by molar-refractivity contribution is -0.0179. The van der Waals surface area contributed by atoms with Crippen molar-refractivity contribution in [1.29, 1.82) is 0 Å². The Hall–Kier alpha value is -1.90. The molecule has 2 heterocycles. The van der Waals surface area contributed by atoms with E-state index < -0.39 is 5.60 Å². The number of nitrogens with zero attached hydrogens (tertiary/aromatic N) is 3. The van der Waals surface area contributed by atoms with Crippen molar-refractivity contribution >= 4 is 5.96 Å². The molecule has 8 nitrogen and oxygen atoms in total. The Morgan fingerprint density at radius 1 is 1.42 bits per heavy atom. The van der Waals surface area contributed by atoms with E-state index in [1.807, 2.05) is 26.0 Å². The van der Waals surface area contributed by atoms with Gasteiger partial charge in [0.2, 0.25) is 0 Å². The molecule has 0 amide bonds. The Kier molecular flexibility index (Phi) is 8.60. The molecular weight excluding hydrogens is 334 g/mol. The molecule has 8 heteroatoms. The van der Waals surface area contributed by atoms with Crippen LogP contribution in [0.1, 0.15) is 13.8 Å². The molecular formula is C18H31N5O3. The van der Waals surface area contributed by atoms with Crippen LogP contribution in [0.25, 0.3) is 0 Å². The molecule has 1 aliphatic rings. The highest BCUT2D eigenvalue weighted by atomic mass is 16.5. The molecule has 1 aromatic rings. The molecule has 0 aromatic carbocycles. The highest BCUT2D eigenvalue weighted by molar-refractivity contribution is 5.79. The summed E-state index contributed by atoms with van der Waals surface area (Å²) in [5.41, 5.74) is -0.883. The van der Waals surface area contributed by atoms with Crippen molar-refractivity contribution in [2.75, 3.05) is 59.1 Å². The van der Waals surface area contributed by atoms with E-state index >= 15 is 0 Å². The van der Waals surface area contributed by atoms with Crippen molar-refractivity contribution in [3.05, 3.63) is 24.5 Å². The second-order valence-electron chi connectivity index (χ2n) is 6.54. The Morgan fingerprint density at radius 3 is 2.92 bits per heavy atom. The first kappa shape index (κ1) is 20.4. The number of guanidine groups is 1. The predicted molar refractivity (Wildman–Crippen MR) is 102 cm³/mol. The summed E-state index contributed by atoms with van der Waals surface area (Å²) in [7, 11) is 0. The summed E-state index contributed by atoms with van der Waals surface area (Å²) in [5, 5.41) is 17.0. The zero-order valence-electron chi connectivity index (χ0n) is 15.8. The molecule has 1 unspecified atom stereocenters. The number of morpholine rings is 1. The normalized spacial score (nSPS) is 18.2. The van der Waals surface area contributed by atoms with E-state index in [0.29, 0.717) is 32.2 Å². The van der Waals surface area contributed by atoms with Crippen LogP contribution in [0.3, 0.4) is 0 Å². The van der Waals surface area contributed by atoms with Gasteiger partial charge in [-0.25, -0.2) is 0 Å². The van der Waals surface area contributed by atoms with E-state index in [4.69, 9.17) is 9.47 Å². The van der Waals surface area contributed by atoms with Gasteiger partial charge in [-0.05, 0) is 26.0 Å². The molecule has 1 aromatic heterocycles. The van der Waals surface area contributed by atoms with Gasteiger partial charge < -0.3 is 25.2 Å². The van der Waals surface area contributed by atoms with E-state index in [0.717, 1.165) is 38.6 Å². The minimum absolute atomic E-state index is 0.323. The van der Waals surface area contributed by atoms with Crippen molar-refractivity contribution in [3.8, 4) is 5.75 Å². The number of rotatable bonds is 9. The lowest BCUT2D eigenvalue weighted by Crippen LogP contribution is -2.48. The van der Waals surface area contributed by atoms with Gasteiger partial charge in [-0.1, -0.05) is 0 Å². The van der Waals surface area contributed by atoms with Gasteiger partial charge in [0.25, 0.3) is 0 Å². The van der Waals surface area contributed by atoms with Gasteiger partial charge in [-0.3, -0.25) is 14.9 Å². The van der Waals surface area contributed by atoms with E-state index in [-0.39, 0.29) is 0 Å². The van der Waals surface area contributed by atoms with Gasteiger partial charge in [0, 0.05) is 32.4 Å². The third-order valence-electron chi connectivity index (χ3n) is 3.89. The topological polar surface area (TPSA) is 91.2 Å². The first-order chi connectivity index (χ1) is 12.6. The molecule has 0 bridgehead atoms. The Labute approximate surface area is 155 Å². The number of aliphatic hydroxyl groups is 1. The van der Waals surface area contributed by atoms with Crippen molar-refractivity contribution in [1.82, 2.24) is 20.5 Å². The standard InChI is InChI=1S/C18H31N5O3/c1-3-20-17(21-7-10-26-16-5-4-6-19-13-16)22-14-18(2,24)15-23-8-11-25-12-9-23/h4-6,13,24H,3,7-12,14-15H2,1-2H3,(H2,20,21,22). The second-order valence-corrected chi connectivity index (χ2v) is 6.54. The van der Waals surface area contributed by atoms with Crippen LogP contribution in [0.15, 0.2) is 29.5 Å². The van der Waals surface area contributed by atoms with Crippen molar-refractivity contribution < 1.29 is 14.6 Å². The SMILES string of the molecule is CCNC(=NCC(C)(O)CN1CCOCC1)NCCOc1cccnc1. The maximum atomic E-state index is 10.6. The minimum atomic E-state index is -0.883. The Bertz CT molecular complexity index is 533. The summed E-state index contributed by atoms with van der Waals surface area (Å²) in [6.45, 7) is 9.74. The molecule has 0 saturated carbocycles. The van der Waals surface area contributed by atoms with E-state index in [2.05, 4.69) is 25.5 Å². The summed E-state index contributed by atoms with van der Waals surface area (Å²) in [6, 6.07) is 3.71. The van der Waals surface area contributed by atoms with Crippen LogP contribution in [0.5, 0.6) is 5.75 Å². The molecule has 2 rings (SSSR count). The fraction of sp³-hybridized carbons (Fsp3) is 0.667. The van der Waals surface area contributed by atoms with Gasteiger partial charge in [0.1, 0.15) is 12.4 Å². The molecule has 26 heavy (non-hydrogen) atoms. The van der Waals surface area contributed by atoms with E-state index in [1.54, 1.807) is 12.4 Å². The van der Waals surface area contributed by atoms with Crippen LogP contribution >= 0.6 is 0 Å². The number of pyridine rings is 1. The van der Waals surface area contributed by atoms with Crippen LogP contribution in [0.2, 0.25) is 0 Å². The zero-order chi connectivity index (χ0) is 18.7. The second kappa shape index (κ2) is 10.9. The molecule has 146 valence electrons. The van der Waals surface area contributed by atoms with Crippen LogP contribution in [0, 0.1) is 0 Å². The van der Waals surface area contributed by atoms with Crippen molar-refractivity contribution in [2.24, 2.45) is 4.99 Å². The van der Waals surface area contributed by atoms with Gasteiger partial charge >= 0.3 is 0 Å². The highest BCUT2D eigenvalue weighted by Gasteiger charge is 2.25. The average molecular weight is 365 g/mol. The molecule has 1 atom stereocenters. The summed E-state index contributed by atoms with van der Waals surface area (Å²) >= 11 is 0. The van der Waals surface area contributed by atoms with Gasteiger partial charge in [0.15, 0.2) is 5.96 Å². The third-order valence-corrected chi connectivity index (χ3v) is 3.89. The molecule has 1 saturated heterocycles. The monoisotopic (exact) mass is 365 g/mol. The van der Waals surface area contributed by atoms with Crippen LogP contribution < -0.4 is 15.4 Å². The van der Waals surface area contributed by atoms with Crippen LogP contribution in [0.4, 0.5) is 0 Å². The predicted octanol–water partition coefficient (Wildman–Crippen LogP) is 0.0987.